The molecule has 0 aliphatic carbocycles. The van der Waals surface area contributed by atoms with Gasteiger partial charge in [-0.3, -0.25) is 4.79 Å². The second-order valence-electron chi connectivity index (χ2n) is 3.72. The first-order chi connectivity index (χ1) is 8.69. The van der Waals surface area contributed by atoms with Crippen molar-refractivity contribution in [2.45, 2.75) is 6.61 Å². The first kappa shape index (κ1) is 13.1. The third-order valence-electron chi connectivity index (χ3n) is 2.41. The van der Waals surface area contributed by atoms with E-state index in [1.165, 1.54) is 0 Å². The molecule has 0 saturated carbocycles. The van der Waals surface area contributed by atoms with Crippen LogP contribution in [0.3, 0.4) is 0 Å². The van der Waals surface area contributed by atoms with Crippen molar-refractivity contribution in [1.82, 2.24) is 0 Å². The standard InChI is InChI=1S/C14H10BrClO2/c15-12-3-1-10(2-4-12)9-18-14-6-5-13(16)7-11(14)8-17/h1-8H,9H2. The van der Waals surface area contributed by atoms with E-state index in [1.54, 1.807) is 18.2 Å². The fourth-order valence-corrected chi connectivity index (χ4v) is 1.93. The van der Waals surface area contributed by atoms with Crippen LogP contribution in [0.25, 0.3) is 0 Å². The lowest BCUT2D eigenvalue weighted by Crippen LogP contribution is -1.98. The smallest absolute Gasteiger partial charge is 0.153 e. The predicted octanol–water partition coefficient (Wildman–Crippen LogP) is 4.49. The summed E-state index contributed by atoms with van der Waals surface area (Å²) in [4.78, 5) is 10.9. The van der Waals surface area contributed by atoms with Gasteiger partial charge in [-0.25, -0.2) is 0 Å². The molecule has 0 aliphatic heterocycles. The van der Waals surface area contributed by atoms with Crippen LogP contribution < -0.4 is 4.74 Å². The quantitative estimate of drug-likeness (QED) is 0.774. The zero-order valence-electron chi connectivity index (χ0n) is 9.40. The molecule has 18 heavy (non-hydrogen) atoms. The minimum absolute atomic E-state index is 0.412. The van der Waals surface area contributed by atoms with E-state index in [4.69, 9.17) is 16.3 Å². The van der Waals surface area contributed by atoms with E-state index in [0.29, 0.717) is 22.9 Å². The lowest BCUT2D eigenvalue weighted by molar-refractivity contribution is 0.111. The highest BCUT2D eigenvalue weighted by molar-refractivity contribution is 9.10. The highest BCUT2D eigenvalue weighted by Crippen LogP contribution is 2.22. The van der Waals surface area contributed by atoms with Crippen molar-refractivity contribution in [3.05, 3.63) is 63.1 Å². The Labute approximate surface area is 119 Å². The summed E-state index contributed by atoms with van der Waals surface area (Å²) in [6.07, 6.45) is 0.739. The normalized spacial score (nSPS) is 10.1. The van der Waals surface area contributed by atoms with Crippen LogP contribution in [0.1, 0.15) is 15.9 Å². The van der Waals surface area contributed by atoms with Crippen molar-refractivity contribution in [3.63, 3.8) is 0 Å². The van der Waals surface area contributed by atoms with Crippen molar-refractivity contribution in [2.24, 2.45) is 0 Å². The first-order valence-electron chi connectivity index (χ1n) is 5.31. The molecular formula is C14H10BrClO2. The van der Waals surface area contributed by atoms with Crippen LogP contribution in [-0.4, -0.2) is 6.29 Å². The van der Waals surface area contributed by atoms with E-state index in [2.05, 4.69) is 15.9 Å². The molecule has 0 heterocycles. The number of hydrogen-bond donors (Lipinski definition) is 0. The Morgan fingerprint density at radius 1 is 1.17 bits per heavy atom. The van der Waals surface area contributed by atoms with E-state index >= 15 is 0 Å². The zero-order chi connectivity index (χ0) is 13.0. The topological polar surface area (TPSA) is 26.3 Å². The molecule has 0 fully saturated rings. The number of benzene rings is 2. The van der Waals surface area contributed by atoms with Gasteiger partial charge in [-0.2, -0.15) is 0 Å². The Morgan fingerprint density at radius 2 is 1.89 bits per heavy atom. The van der Waals surface area contributed by atoms with Crippen LogP contribution in [-0.2, 0) is 6.61 Å². The fourth-order valence-electron chi connectivity index (χ4n) is 1.48. The maximum Gasteiger partial charge on any atom is 0.153 e. The van der Waals surface area contributed by atoms with Gasteiger partial charge in [0.25, 0.3) is 0 Å². The maximum absolute atomic E-state index is 10.9. The number of carbonyl (C=O) groups excluding carboxylic acids is 1. The van der Waals surface area contributed by atoms with Gasteiger partial charge in [-0.15, -0.1) is 0 Å². The highest BCUT2D eigenvalue weighted by Gasteiger charge is 2.04. The molecule has 92 valence electrons. The molecule has 0 amide bonds. The fraction of sp³-hybridized carbons (Fsp3) is 0.0714. The SMILES string of the molecule is O=Cc1cc(Cl)ccc1OCc1ccc(Br)cc1. The summed E-state index contributed by atoms with van der Waals surface area (Å²) in [5, 5.41) is 0.521. The molecule has 2 aromatic carbocycles. The summed E-state index contributed by atoms with van der Waals surface area (Å²) in [6.45, 7) is 0.412. The van der Waals surface area contributed by atoms with E-state index in [0.717, 1.165) is 16.3 Å². The molecule has 4 heteroatoms. The second kappa shape index (κ2) is 6.03. The molecule has 0 unspecified atom stereocenters. The van der Waals surface area contributed by atoms with Crippen LogP contribution in [0.2, 0.25) is 5.02 Å². The molecule has 2 nitrogen and oxygen atoms in total. The molecular weight excluding hydrogens is 316 g/mol. The monoisotopic (exact) mass is 324 g/mol. The lowest BCUT2D eigenvalue weighted by atomic mass is 10.2. The van der Waals surface area contributed by atoms with Gasteiger partial charge < -0.3 is 4.74 Å². The molecule has 0 aromatic heterocycles. The molecule has 0 aliphatic rings. The van der Waals surface area contributed by atoms with Gasteiger partial charge in [0.1, 0.15) is 12.4 Å². The molecule has 0 spiro atoms. The van der Waals surface area contributed by atoms with Gasteiger partial charge in [0.2, 0.25) is 0 Å². The average Bonchev–Trinajstić information content (AvgIpc) is 2.39. The predicted molar refractivity (Wildman–Crippen MR) is 75.3 cm³/mol. The van der Waals surface area contributed by atoms with Gasteiger partial charge in [-0.05, 0) is 35.9 Å². The van der Waals surface area contributed by atoms with Crippen LogP contribution in [0.15, 0.2) is 46.9 Å². The lowest BCUT2D eigenvalue weighted by Gasteiger charge is -2.08. The summed E-state index contributed by atoms with van der Waals surface area (Å²) < 4.78 is 6.62. The number of halogens is 2. The van der Waals surface area contributed by atoms with Gasteiger partial charge in [-0.1, -0.05) is 39.7 Å². The van der Waals surface area contributed by atoms with Gasteiger partial charge in [0.05, 0.1) is 5.56 Å². The van der Waals surface area contributed by atoms with Crippen molar-refractivity contribution < 1.29 is 9.53 Å². The number of carbonyl (C=O) groups is 1. The minimum atomic E-state index is 0.412. The first-order valence-corrected chi connectivity index (χ1v) is 6.48. The molecule has 0 radical (unpaired) electrons. The Balaban J connectivity index is 2.10. The summed E-state index contributed by atoms with van der Waals surface area (Å²) >= 11 is 9.18. The highest BCUT2D eigenvalue weighted by atomic mass is 79.9. The Hall–Kier alpha value is -1.32. The molecule has 0 bridgehead atoms. The van der Waals surface area contributed by atoms with E-state index < -0.39 is 0 Å². The van der Waals surface area contributed by atoms with E-state index in [9.17, 15) is 4.79 Å². The number of aldehydes is 1. The van der Waals surface area contributed by atoms with Crippen molar-refractivity contribution >= 4 is 33.8 Å². The Morgan fingerprint density at radius 3 is 2.56 bits per heavy atom. The van der Waals surface area contributed by atoms with E-state index in [-0.39, 0.29) is 0 Å². The summed E-state index contributed by atoms with van der Waals surface area (Å²) in [5.74, 6) is 0.539. The number of rotatable bonds is 4. The Kier molecular flexibility index (Phi) is 4.39. The molecule has 0 N–H and O–H groups in total. The van der Waals surface area contributed by atoms with Crippen molar-refractivity contribution in [3.8, 4) is 5.75 Å². The Bertz CT molecular complexity index is 552. The summed E-state index contributed by atoms with van der Waals surface area (Å²) in [7, 11) is 0. The third kappa shape index (κ3) is 3.34. The number of hydrogen-bond acceptors (Lipinski definition) is 2. The minimum Gasteiger partial charge on any atom is -0.488 e. The van der Waals surface area contributed by atoms with Crippen LogP contribution in [0.5, 0.6) is 5.75 Å². The largest absolute Gasteiger partial charge is 0.488 e. The van der Waals surface area contributed by atoms with Crippen molar-refractivity contribution in [1.29, 1.82) is 0 Å². The van der Waals surface area contributed by atoms with Gasteiger partial charge in [0.15, 0.2) is 6.29 Å². The second-order valence-corrected chi connectivity index (χ2v) is 5.07. The maximum atomic E-state index is 10.9. The zero-order valence-corrected chi connectivity index (χ0v) is 11.7. The molecule has 0 saturated heterocycles. The molecule has 2 aromatic rings. The summed E-state index contributed by atoms with van der Waals surface area (Å²) in [6, 6.07) is 12.8. The van der Waals surface area contributed by atoms with Crippen LogP contribution in [0.4, 0.5) is 0 Å². The molecule has 0 atom stereocenters. The molecule has 2 rings (SSSR count). The summed E-state index contributed by atoms with van der Waals surface area (Å²) in [5.41, 5.74) is 1.49. The van der Waals surface area contributed by atoms with Gasteiger partial charge in [0, 0.05) is 9.50 Å². The van der Waals surface area contributed by atoms with Crippen molar-refractivity contribution in [2.75, 3.05) is 0 Å². The van der Waals surface area contributed by atoms with Crippen LogP contribution >= 0.6 is 27.5 Å². The average molecular weight is 326 g/mol. The third-order valence-corrected chi connectivity index (χ3v) is 3.17. The number of ether oxygens (including phenoxy) is 1. The van der Waals surface area contributed by atoms with Crippen LogP contribution in [0, 0.1) is 0 Å². The van der Waals surface area contributed by atoms with E-state index in [1.807, 2.05) is 24.3 Å². The van der Waals surface area contributed by atoms with Gasteiger partial charge >= 0.3 is 0 Å².